The van der Waals surface area contributed by atoms with E-state index in [2.05, 4.69) is 38.9 Å². The lowest BCUT2D eigenvalue weighted by molar-refractivity contribution is -0.190. The largest absolute Gasteiger partial charge is 0.477 e. The van der Waals surface area contributed by atoms with Gasteiger partial charge in [0.1, 0.15) is 16.7 Å². The van der Waals surface area contributed by atoms with Crippen LogP contribution in [0.4, 0.5) is 24.8 Å². The Bertz CT molecular complexity index is 1440. The molecule has 13 heteroatoms. The van der Waals surface area contributed by atoms with Gasteiger partial charge in [-0.05, 0) is 76.1 Å². The number of carbonyl (C=O) groups is 1. The molecule has 3 aliphatic rings. The second kappa shape index (κ2) is 10.4. The highest BCUT2D eigenvalue weighted by Gasteiger charge is 2.62. The van der Waals surface area contributed by atoms with E-state index in [4.69, 9.17) is 9.72 Å². The fraction of sp³-hybridized carbons (Fsp3) is 0.500. The van der Waals surface area contributed by atoms with Crippen molar-refractivity contribution in [2.75, 3.05) is 29.9 Å². The fourth-order valence-corrected chi connectivity index (χ4v) is 6.32. The van der Waals surface area contributed by atoms with Crippen LogP contribution in [0.15, 0.2) is 47.6 Å². The van der Waals surface area contributed by atoms with E-state index in [-0.39, 0.29) is 43.2 Å². The van der Waals surface area contributed by atoms with Crippen molar-refractivity contribution in [3.05, 3.63) is 48.2 Å². The number of anilines is 2. The molecule has 1 aliphatic carbocycles. The number of alkyl halides is 3. The van der Waals surface area contributed by atoms with Gasteiger partial charge in [-0.3, -0.25) is 9.52 Å². The zero-order valence-electron chi connectivity index (χ0n) is 22.9. The van der Waals surface area contributed by atoms with Gasteiger partial charge in [-0.2, -0.15) is 13.2 Å². The summed E-state index contributed by atoms with van der Waals surface area (Å²) in [6, 6.07) is 10.7. The summed E-state index contributed by atoms with van der Waals surface area (Å²) in [7, 11) is 0. The lowest BCUT2D eigenvalue weighted by Gasteiger charge is -2.34. The molecule has 218 valence electrons. The van der Waals surface area contributed by atoms with E-state index in [0.29, 0.717) is 28.1 Å². The van der Waals surface area contributed by atoms with Crippen molar-refractivity contribution in [1.29, 1.82) is 0 Å². The van der Waals surface area contributed by atoms with Gasteiger partial charge in [-0.25, -0.2) is 14.6 Å². The predicted molar refractivity (Wildman–Crippen MR) is 149 cm³/mol. The Kier molecular flexibility index (Phi) is 7.03. The van der Waals surface area contributed by atoms with E-state index < -0.39 is 11.6 Å². The zero-order valence-corrected chi connectivity index (χ0v) is 23.7. The monoisotopic (exact) mass is 587 g/mol. The molecule has 41 heavy (non-hydrogen) atoms. The summed E-state index contributed by atoms with van der Waals surface area (Å²) in [5.74, 6) is 2.13. The summed E-state index contributed by atoms with van der Waals surface area (Å²) in [6.07, 6.45) is -0.479. The molecule has 0 radical (unpaired) electrons. The zero-order chi connectivity index (χ0) is 28.8. The maximum Gasteiger partial charge on any atom is 0.394 e. The van der Waals surface area contributed by atoms with E-state index in [1.165, 1.54) is 4.68 Å². The number of aromatic nitrogens is 4. The molecule has 0 unspecified atom stereocenters. The van der Waals surface area contributed by atoms with Crippen molar-refractivity contribution in [3.8, 4) is 11.7 Å². The summed E-state index contributed by atoms with van der Waals surface area (Å²) >= 11 is 1.14. The first-order chi connectivity index (χ1) is 19.5. The number of nitrogens with zero attached hydrogens (tertiary/aromatic N) is 5. The lowest BCUT2D eigenvalue weighted by atomic mass is 9.94. The van der Waals surface area contributed by atoms with Crippen LogP contribution < -0.4 is 19.7 Å². The molecule has 2 fully saturated rings. The standard InChI is InChI=1S/C28H32F3N7O2S/c1-26(2)16-18-8-13-32-20-4-3-5-23(33-20)41-36-25(39)19-6-7-21(34-24(19)37(26)17-18)38-14-9-22(35-38)40-15-12-27(10-11-27)28(29,30)31/h3-7,9,14,18H,8,10-13,15-17H2,1-2H3,(H,32,33)(H,36,39)/t18-/m1/s1. The molecule has 6 rings (SSSR count). The van der Waals surface area contributed by atoms with E-state index in [9.17, 15) is 18.0 Å². The van der Waals surface area contributed by atoms with Crippen molar-refractivity contribution in [1.82, 2.24) is 24.5 Å². The Balaban J connectivity index is 1.26. The fourth-order valence-electron chi connectivity index (χ4n) is 5.72. The highest BCUT2D eigenvalue weighted by atomic mass is 32.2. The van der Waals surface area contributed by atoms with E-state index in [1.54, 1.807) is 24.4 Å². The first-order valence-electron chi connectivity index (χ1n) is 13.8. The molecule has 1 amide bonds. The van der Waals surface area contributed by atoms with Gasteiger partial charge in [0.05, 0.1) is 17.6 Å². The van der Waals surface area contributed by atoms with Gasteiger partial charge in [0.15, 0.2) is 5.82 Å². The molecule has 5 heterocycles. The number of ether oxygens (including phenoxy) is 1. The molecular formula is C28H32F3N7O2S. The van der Waals surface area contributed by atoms with Crippen LogP contribution in [0.1, 0.15) is 56.3 Å². The molecule has 2 N–H and O–H groups in total. The molecule has 3 aromatic rings. The molecule has 0 spiro atoms. The van der Waals surface area contributed by atoms with Gasteiger partial charge in [0.25, 0.3) is 5.91 Å². The molecule has 0 aromatic carbocycles. The molecule has 1 saturated heterocycles. The van der Waals surface area contributed by atoms with Crippen molar-refractivity contribution in [3.63, 3.8) is 0 Å². The third kappa shape index (κ3) is 5.68. The van der Waals surface area contributed by atoms with Crippen LogP contribution in [-0.4, -0.2) is 57.1 Å². The van der Waals surface area contributed by atoms with Crippen LogP contribution in [0.3, 0.4) is 0 Å². The minimum atomic E-state index is -4.21. The normalized spacial score (nSPS) is 21.3. The molecular weight excluding hydrogens is 555 g/mol. The quantitative estimate of drug-likeness (QED) is 0.371. The first kappa shape index (κ1) is 27.7. The van der Waals surface area contributed by atoms with E-state index >= 15 is 0 Å². The average Bonchev–Trinajstić information content (AvgIpc) is 3.48. The summed E-state index contributed by atoms with van der Waals surface area (Å²) in [6.45, 7) is 5.76. The molecule has 9 nitrogen and oxygen atoms in total. The van der Waals surface area contributed by atoms with Crippen molar-refractivity contribution in [2.45, 2.75) is 62.7 Å². The van der Waals surface area contributed by atoms with Crippen LogP contribution in [0.5, 0.6) is 5.88 Å². The minimum absolute atomic E-state index is 0.0675. The lowest BCUT2D eigenvalue weighted by Crippen LogP contribution is -2.40. The smallest absolute Gasteiger partial charge is 0.394 e. The van der Waals surface area contributed by atoms with Gasteiger partial charge in [-0.1, -0.05) is 6.07 Å². The minimum Gasteiger partial charge on any atom is -0.477 e. The van der Waals surface area contributed by atoms with Crippen LogP contribution in [-0.2, 0) is 0 Å². The topological polar surface area (TPSA) is 97.2 Å². The van der Waals surface area contributed by atoms with Crippen molar-refractivity contribution < 1.29 is 22.7 Å². The van der Waals surface area contributed by atoms with Gasteiger partial charge < -0.3 is 15.0 Å². The van der Waals surface area contributed by atoms with Gasteiger partial charge >= 0.3 is 6.18 Å². The van der Waals surface area contributed by atoms with Crippen LogP contribution in [0, 0.1) is 11.3 Å². The number of halogens is 3. The van der Waals surface area contributed by atoms with E-state index in [0.717, 1.165) is 43.7 Å². The number of carbonyl (C=O) groups excluding carboxylic acids is 1. The number of rotatable bonds is 5. The second-order valence-corrected chi connectivity index (χ2v) is 12.4. The number of fused-ring (bicyclic) bond motifs is 6. The third-order valence-electron chi connectivity index (χ3n) is 8.24. The molecule has 3 aromatic heterocycles. The molecule has 1 atom stereocenters. The Morgan fingerprint density at radius 1 is 1.15 bits per heavy atom. The summed E-state index contributed by atoms with van der Waals surface area (Å²) in [5.41, 5.74) is -1.43. The van der Waals surface area contributed by atoms with Crippen LogP contribution >= 0.6 is 11.9 Å². The summed E-state index contributed by atoms with van der Waals surface area (Å²) in [4.78, 5) is 25.1. The third-order valence-corrected chi connectivity index (χ3v) is 8.96. The summed E-state index contributed by atoms with van der Waals surface area (Å²) < 4.78 is 49.7. The van der Waals surface area contributed by atoms with Gasteiger partial charge in [0, 0.05) is 42.8 Å². The van der Waals surface area contributed by atoms with Gasteiger partial charge in [0.2, 0.25) is 5.88 Å². The SMILES string of the molecule is CC1(C)C[C@H]2CCNc3cccc(n3)SNC(=O)c3ccc(-n4ccc(OCCC5(C(F)(F)F)CC5)n4)nc3N1C2. The number of nitrogens with one attached hydrogen (secondary N) is 2. The number of hydrogen-bond acceptors (Lipinski definition) is 8. The number of hydrogen-bond donors (Lipinski definition) is 2. The first-order valence-corrected chi connectivity index (χ1v) is 14.6. The highest BCUT2D eigenvalue weighted by molar-refractivity contribution is 7.97. The molecule has 2 aliphatic heterocycles. The second-order valence-electron chi connectivity index (χ2n) is 11.6. The van der Waals surface area contributed by atoms with Crippen LogP contribution in [0.25, 0.3) is 5.82 Å². The Morgan fingerprint density at radius 3 is 2.76 bits per heavy atom. The Labute approximate surface area is 240 Å². The van der Waals surface area contributed by atoms with E-state index in [1.807, 2.05) is 18.2 Å². The maximum absolute atomic E-state index is 13.4. The average molecular weight is 588 g/mol. The maximum atomic E-state index is 13.4. The Hall–Kier alpha value is -3.48. The predicted octanol–water partition coefficient (Wildman–Crippen LogP) is 5.63. The highest BCUT2D eigenvalue weighted by Crippen LogP contribution is 2.59. The molecule has 4 bridgehead atoms. The van der Waals surface area contributed by atoms with Crippen molar-refractivity contribution in [2.24, 2.45) is 11.3 Å². The Morgan fingerprint density at radius 2 is 1.98 bits per heavy atom. The van der Waals surface area contributed by atoms with Crippen molar-refractivity contribution >= 4 is 29.5 Å². The van der Waals surface area contributed by atoms with Gasteiger partial charge in [-0.15, -0.1) is 5.10 Å². The molecule has 1 saturated carbocycles. The number of amides is 1. The van der Waals surface area contributed by atoms with Crippen LogP contribution in [0.2, 0.25) is 0 Å². The summed E-state index contributed by atoms with van der Waals surface area (Å²) in [5, 5.41) is 8.46. The number of pyridine rings is 2.